The van der Waals surface area contributed by atoms with Gasteiger partial charge in [0.05, 0.1) is 5.69 Å². The Labute approximate surface area is 137 Å². The van der Waals surface area contributed by atoms with Gasteiger partial charge in [-0.3, -0.25) is 9.69 Å². The van der Waals surface area contributed by atoms with Crippen molar-refractivity contribution in [1.29, 1.82) is 0 Å². The van der Waals surface area contributed by atoms with Crippen molar-refractivity contribution in [3.05, 3.63) is 62.8 Å². The predicted molar refractivity (Wildman–Crippen MR) is 88.1 cm³/mol. The summed E-state index contributed by atoms with van der Waals surface area (Å²) in [5.41, 5.74) is 1.57. The van der Waals surface area contributed by atoms with Gasteiger partial charge >= 0.3 is 0 Å². The highest BCUT2D eigenvalue weighted by Crippen LogP contribution is 2.13. The average Bonchev–Trinajstić information content (AvgIpc) is 2.93. The van der Waals surface area contributed by atoms with E-state index in [-0.39, 0.29) is 11.4 Å². The Morgan fingerprint density at radius 2 is 2.00 bits per heavy atom. The van der Waals surface area contributed by atoms with Gasteiger partial charge in [-0.05, 0) is 31.2 Å². The second-order valence-electron chi connectivity index (χ2n) is 5.43. The van der Waals surface area contributed by atoms with Crippen molar-refractivity contribution in [3.63, 3.8) is 0 Å². The molecule has 0 radical (unpaired) electrons. The fourth-order valence-electron chi connectivity index (χ4n) is 2.35. The van der Waals surface area contributed by atoms with Crippen LogP contribution in [0.1, 0.15) is 23.2 Å². The standard InChI is InChI=1S/C16H17FN4OS/c1-3-14-19-21-15(22)8-13(18-16(21)23-14)10-20(2)9-11-4-6-12(17)7-5-11/h4-8H,3,9-10H2,1-2H3. The first-order valence-corrected chi connectivity index (χ1v) is 8.18. The van der Waals surface area contributed by atoms with E-state index in [1.807, 2.05) is 18.9 Å². The van der Waals surface area contributed by atoms with Crippen molar-refractivity contribution in [2.45, 2.75) is 26.4 Å². The summed E-state index contributed by atoms with van der Waals surface area (Å²) >= 11 is 1.44. The minimum absolute atomic E-state index is 0.156. The number of fused-ring (bicyclic) bond motifs is 1. The molecule has 23 heavy (non-hydrogen) atoms. The molecule has 0 spiro atoms. The Hall–Kier alpha value is -2.12. The highest BCUT2D eigenvalue weighted by atomic mass is 32.1. The molecule has 0 saturated heterocycles. The van der Waals surface area contributed by atoms with Gasteiger partial charge in [-0.1, -0.05) is 30.4 Å². The summed E-state index contributed by atoms with van der Waals surface area (Å²) in [6.07, 6.45) is 0.785. The van der Waals surface area contributed by atoms with Gasteiger partial charge in [-0.2, -0.15) is 9.61 Å². The van der Waals surface area contributed by atoms with Crippen molar-refractivity contribution in [3.8, 4) is 0 Å². The lowest BCUT2D eigenvalue weighted by molar-refractivity contribution is 0.315. The molecule has 5 nitrogen and oxygen atoms in total. The molecule has 0 bridgehead atoms. The third kappa shape index (κ3) is 3.62. The minimum Gasteiger partial charge on any atom is -0.296 e. The molecule has 1 aromatic carbocycles. The summed E-state index contributed by atoms with van der Waals surface area (Å²) in [7, 11) is 1.94. The molecule has 0 aliphatic carbocycles. The van der Waals surface area contributed by atoms with Crippen LogP contribution in [0.3, 0.4) is 0 Å². The van der Waals surface area contributed by atoms with E-state index < -0.39 is 0 Å². The molecule has 0 amide bonds. The van der Waals surface area contributed by atoms with Crippen LogP contribution < -0.4 is 5.56 Å². The van der Waals surface area contributed by atoms with Crippen LogP contribution in [-0.2, 0) is 19.5 Å². The highest BCUT2D eigenvalue weighted by molar-refractivity contribution is 7.16. The van der Waals surface area contributed by atoms with E-state index in [2.05, 4.69) is 10.1 Å². The first-order valence-electron chi connectivity index (χ1n) is 7.37. The van der Waals surface area contributed by atoms with Crippen molar-refractivity contribution in [1.82, 2.24) is 19.5 Å². The van der Waals surface area contributed by atoms with Crippen LogP contribution >= 0.6 is 11.3 Å². The Bertz CT molecular complexity index is 872. The van der Waals surface area contributed by atoms with Crippen LogP contribution in [0.2, 0.25) is 0 Å². The van der Waals surface area contributed by atoms with Gasteiger partial charge < -0.3 is 0 Å². The second-order valence-corrected chi connectivity index (χ2v) is 6.47. The molecule has 0 aliphatic rings. The zero-order valence-corrected chi connectivity index (χ0v) is 13.8. The first kappa shape index (κ1) is 15.8. The van der Waals surface area contributed by atoms with E-state index in [0.717, 1.165) is 17.0 Å². The summed E-state index contributed by atoms with van der Waals surface area (Å²) in [4.78, 5) is 19.3. The van der Waals surface area contributed by atoms with Crippen molar-refractivity contribution in [2.75, 3.05) is 7.05 Å². The minimum atomic E-state index is -0.242. The summed E-state index contributed by atoms with van der Waals surface area (Å²) in [6.45, 7) is 3.20. The molecule has 0 atom stereocenters. The normalized spacial score (nSPS) is 11.5. The lowest BCUT2D eigenvalue weighted by Gasteiger charge is -2.16. The summed E-state index contributed by atoms with van der Waals surface area (Å²) in [5.74, 6) is -0.242. The topological polar surface area (TPSA) is 50.5 Å². The van der Waals surface area contributed by atoms with Gasteiger partial charge in [-0.15, -0.1) is 0 Å². The van der Waals surface area contributed by atoms with Gasteiger partial charge in [0.2, 0.25) is 4.96 Å². The number of aromatic nitrogens is 3. The maximum atomic E-state index is 12.9. The lowest BCUT2D eigenvalue weighted by Crippen LogP contribution is -2.21. The second kappa shape index (κ2) is 6.55. The molecule has 120 valence electrons. The van der Waals surface area contributed by atoms with E-state index in [1.54, 1.807) is 12.1 Å². The van der Waals surface area contributed by atoms with E-state index in [1.165, 1.54) is 34.1 Å². The predicted octanol–water partition coefficient (Wildman–Crippen LogP) is 2.48. The van der Waals surface area contributed by atoms with Crippen molar-refractivity contribution in [2.24, 2.45) is 0 Å². The maximum absolute atomic E-state index is 12.9. The first-order chi connectivity index (χ1) is 11.0. The average molecular weight is 332 g/mol. The highest BCUT2D eigenvalue weighted by Gasteiger charge is 2.10. The molecule has 2 aromatic heterocycles. The number of halogens is 1. The van der Waals surface area contributed by atoms with Gasteiger partial charge in [0.25, 0.3) is 5.56 Å². The number of benzene rings is 1. The molecule has 7 heteroatoms. The van der Waals surface area contributed by atoms with E-state index in [0.29, 0.717) is 23.7 Å². The van der Waals surface area contributed by atoms with Gasteiger partial charge in [0.1, 0.15) is 10.8 Å². The van der Waals surface area contributed by atoms with E-state index >= 15 is 0 Å². The Kier molecular flexibility index (Phi) is 4.49. The quantitative estimate of drug-likeness (QED) is 0.720. The Morgan fingerprint density at radius 1 is 1.26 bits per heavy atom. The monoisotopic (exact) mass is 332 g/mol. The number of hydrogen-bond donors (Lipinski definition) is 0. The molecule has 3 aromatic rings. The van der Waals surface area contributed by atoms with Crippen LogP contribution in [0.5, 0.6) is 0 Å². The van der Waals surface area contributed by atoms with Gasteiger partial charge in [0, 0.05) is 19.2 Å². The fraction of sp³-hybridized carbons (Fsp3) is 0.312. The van der Waals surface area contributed by atoms with E-state index in [4.69, 9.17) is 0 Å². The fourth-order valence-corrected chi connectivity index (χ4v) is 3.21. The molecule has 3 rings (SSSR count). The molecule has 0 N–H and O–H groups in total. The zero-order valence-electron chi connectivity index (χ0n) is 13.0. The number of rotatable bonds is 5. The molecular formula is C16H17FN4OS. The third-order valence-corrected chi connectivity index (χ3v) is 4.49. The van der Waals surface area contributed by atoms with Crippen LogP contribution in [0.4, 0.5) is 4.39 Å². The van der Waals surface area contributed by atoms with Gasteiger partial charge in [-0.25, -0.2) is 9.37 Å². The van der Waals surface area contributed by atoms with Gasteiger partial charge in [0.15, 0.2) is 0 Å². The Balaban J connectivity index is 1.77. The SMILES string of the molecule is CCc1nn2c(=O)cc(CN(C)Cc3ccc(F)cc3)nc2s1. The summed E-state index contributed by atoms with van der Waals surface area (Å²) in [5, 5.41) is 5.13. The zero-order chi connectivity index (χ0) is 16.4. The largest absolute Gasteiger partial charge is 0.296 e. The maximum Gasteiger partial charge on any atom is 0.275 e. The number of nitrogens with zero attached hydrogens (tertiary/aromatic N) is 4. The molecule has 0 fully saturated rings. The molecular weight excluding hydrogens is 315 g/mol. The van der Waals surface area contributed by atoms with Crippen LogP contribution in [0.25, 0.3) is 4.96 Å². The van der Waals surface area contributed by atoms with E-state index in [9.17, 15) is 9.18 Å². The van der Waals surface area contributed by atoms with Crippen LogP contribution in [0.15, 0.2) is 35.1 Å². The molecule has 2 heterocycles. The number of aryl methyl sites for hydroxylation is 1. The molecule has 0 saturated carbocycles. The molecule has 0 unspecified atom stereocenters. The summed E-state index contributed by atoms with van der Waals surface area (Å²) in [6, 6.07) is 7.93. The number of hydrogen-bond acceptors (Lipinski definition) is 5. The van der Waals surface area contributed by atoms with Crippen molar-refractivity contribution >= 4 is 16.3 Å². The summed E-state index contributed by atoms with van der Waals surface area (Å²) < 4.78 is 14.3. The third-order valence-electron chi connectivity index (χ3n) is 3.44. The molecule has 0 aliphatic heterocycles. The van der Waals surface area contributed by atoms with Crippen LogP contribution in [0, 0.1) is 5.82 Å². The van der Waals surface area contributed by atoms with Crippen molar-refractivity contribution < 1.29 is 4.39 Å². The Morgan fingerprint density at radius 3 is 2.70 bits per heavy atom. The van der Waals surface area contributed by atoms with Crippen LogP contribution in [-0.4, -0.2) is 26.5 Å². The lowest BCUT2D eigenvalue weighted by atomic mass is 10.2. The smallest absolute Gasteiger partial charge is 0.275 e.